The molecule has 0 N–H and O–H groups in total. The van der Waals surface area contributed by atoms with Crippen molar-refractivity contribution in [1.82, 2.24) is 18.9 Å². The van der Waals surface area contributed by atoms with Gasteiger partial charge in [-0.1, -0.05) is 41.8 Å². The highest BCUT2D eigenvalue weighted by atomic mass is 35.5. The van der Waals surface area contributed by atoms with Crippen LogP contribution in [0, 0.1) is 6.92 Å². The number of amides is 1. The Labute approximate surface area is 195 Å². The predicted molar refractivity (Wildman–Crippen MR) is 127 cm³/mol. The maximum absolute atomic E-state index is 13.5. The van der Waals surface area contributed by atoms with Crippen molar-refractivity contribution in [2.75, 3.05) is 32.7 Å². The molecule has 4 rings (SSSR count). The van der Waals surface area contributed by atoms with E-state index >= 15 is 0 Å². The fourth-order valence-corrected chi connectivity index (χ4v) is 4.33. The molecule has 1 aromatic heterocycles. The molecule has 1 amide bonds. The molecule has 1 fully saturated rings. The summed E-state index contributed by atoms with van der Waals surface area (Å²) in [7, 11) is 0. The first kappa shape index (κ1) is 22.6. The van der Waals surface area contributed by atoms with Gasteiger partial charge in [-0.2, -0.15) is 0 Å². The lowest BCUT2D eigenvalue weighted by Gasteiger charge is -2.34. The largest absolute Gasteiger partial charge is 0.339 e. The van der Waals surface area contributed by atoms with Crippen LogP contribution >= 0.6 is 23.2 Å². The van der Waals surface area contributed by atoms with Gasteiger partial charge in [0.1, 0.15) is 6.54 Å². The third kappa shape index (κ3) is 4.20. The van der Waals surface area contributed by atoms with Crippen molar-refractivity contribution >= 4 is 40.0 Å². The van der Waals surface area contributed by atoms with Crippen molar-refractivity contribution in [3.05, 3.63) is 72.8 Å². The summed E-state index contributed by atoms with van der Waals surface area (Å²) in [5, 5.41) is 0.914. The molecule has 7 nitrogen and oxygen atoms in total. The molecule has 0 aliphatic carbocycles. The first-order valence-electron chi connectivity index (χ1n) is 10.5. The minimum Gasteiger partial charge on any atom is -0.339 e. The van der Waals surface area contributed by atoms with E-state index in [1.54, 1.807) is 23.1 Å². The highest BCUT2D eigenvalue weighted by Gasteiger charge is 2.23. The number of benzene rings is 2. The van der Waals surface area contributed by atoms with Crippen LogP contribution in [-0.2, 0) is 11.3 Å². The highest BCUT2D eigenvalue weighted by Crippen LogP contribution is 2.24. The van der Waals surface area contributed by atoms with Gasteiger partial charge in [-0.05, 0) is 43.8 Å². The van der Waals surface area contributed by atoms with Crippen molar-refractivity contribution in [2.45, 2.75) is 20.4 Å². The number of hydrogen-bond donors (Lipinski definition) is 0. The lowest BCUT2D eigenvalue weighted by molar-refractivity contribution is -0.133. The monoisotopic (exact) mass is 474 g/mol. The molecule has 0 atom stereocenters. The van der Waals surface area contributed by atoms with Crippen LogP contribution < -0.4 is 11.2 Å². The van der Waals surface area contributed by atoms with E-state index in [9.17, 15) is 14.4 Å². The van der Waals surface area contributed by atoms with E-state index in [0.29, 0.717) is 34.7 Å². The molecule has 2 aromatic carbocycles. The van der Waals surface area contributed by atoms with Gasteiger partial charge in [-0.3, -0.25) is 14.2 Å². The van der Waals surface area contributed by atoms with E-state index in [-0.39, 0.29) is 17.5 Å². The van der Waals surface area contributed by atoms with Crippen LogP contribution in [0.1, 0.15) is 12.5 Å². The molecule has 3 aromatic rings. The highest BCUT2D eigenvalue weighted by molar-refractivity contribution is 6.42. The van der Waals surface area contributed by atoms with Crippen LogP contribution in [0.25, 0.3) is 16.6 Å². The number of aromatic nitrogens is 2. The topological polar surface area (TPSA) is 67.5 Å². The summed E-state index contributed by atoms with van der Waals surface area (Å²) in [5.41, 5.74) is 0.554. The number of rotatable bonds is 4. The molecule has 0 radical (unpaired) electrons. The maximum atomic E-state index is 13.5. The summed E-state index contributed by atoms with van der Waals surface area (Å²) >= 11 is 12.2. The summed E-state index contributed by atoms with van der Waals surface area (Å²) in [4.78, 5) is 43.9. The van der Waals surface area contributed by atoms with Gasteiger partial charge >= 0.3 is 5.69 Å². The Balaban J connectivity index is 1.83. The summed E-state index contributed by atoms with van der Waals surface area (Å²) in [6.45, 7) is 7.61. The van der Waals surface area contributed by atoms with Crippen molar-refractivity contribution in [2.24, 2.45) is 0 Å². The lowest BCUT2D eigenvalue weighted by Crippen LogP contribution is -2.50. The molecule has 1 aliphatic rings. The number of nitrogens with zero attached hydrogens (tertiary/aromatic N) is 4. The standard InChI is InChI=1S/C23H24Cl2N4O3/c1-3-26-8-10-27(11-9-26)21(30)14-28-20-7-4-15(2)12-17(20)22(31)29(23(28)32)16-5-6-18(24)19(25)13-16/h4-7,12-13H,3,8-11,14H2,1-2H3. The molecule has 9 heteroatoms. The van der Waals surface area contributed by atoms with E-state index < -0.39 is 11.2 Å². The number of halogens is 2. The van der Waals surface area contributed by atoms with Gasteiger partial charge in [0.2, 0.25) is 5.91 Å². The Morgan fingerprint density at radius 2 is 1.69 bits per heavy atom. The Bertz CT molecular complexity index is 1310. The average molecular weight is 475 g/mol. The summed E-state index contributed by atoms with van der Waals surface area (Å²) in [6.07, 6.45) is 0. The quantitative estimate of drug-likeness (QED) is 0.582. The molecule has 0 bridgehead atoms. The SMILES string of the molecule is CCN1CCN(C(=O)Cn2c(=O)n(-c3ccc(Cl)c(Cl)c3)c(=O)c3cc(C)ccc32)CC1. The van der Waals surface area contributed by atoms with E-state index in [0.717, 1.165) is 29.8 Å². The second kappa shape index (κ2) is 9.10. The van der Waals surface area contributed by atoms with Gasteiger partial charge in [0.05, 0.1) is 26.6 Å². The molecular formula is C23H24Cl2N4O3. The molecular weight excluding hydrogens is 451 g/mol. The molecule has 1 saturated heterocycles. The molecule has 2 heterocycles. The number of hydrogen-bond acceptors (Lipinski definition) is 4. The molecule has 32 heavy (non-hydrogen) atoms. The van der Waals surface area contributed by atoms with E-state index in [2.05, 4.69) is 11.8 Å². The summed E-state index contributed by atoms with van der Waals surface area (Å²) in [6, 6.07) is 9.85. The second-order valence-corrected chi connectivity index (χ2v) is 8.76. The second-order valence-electron chi connectivity index (χ2n) is 7.94. The summed E-state index contributed by atoms with van der Waals surface area (Å²) < 4.78 is 2.42. The number of likely N-dealkylation sites (N-methyl/N-ethyl adjacent to an activating group) is 1. The third-order valence-electron chi connectivity index (χ3n) is 5.93. The zero-order chi connectivity index (χ0) is 23.0. The number of carbonyl (C=O) groups excluding carboxylic acids is 1. The van der Waals surface area contributed by atoms with Crippen LogP contribution in [0.3, 0.4) is 0 Å². The van der Waals surface area contributed by atoms with Crippen LogP contribution in [-0.4, -0.2) is 57.6 Å². The normalized spacial score (nSPS) is 14.8. The van der Waals surface area contributed by atoms with Gasteiger partial charge in [-0.25, -0.2) is 9.36 Å². The third-order valence-corrected chi connectivity index (χ3v) is 6.66. The maximum Gasteiger partial charge on any atom is 0.336 e. The van der Waals surface area contributed by atoms with E-state index in [1.165, 1.54) is 16.7 Å². The van der Waals surface area contributed by atoms with Gasteiger partial charge in [-0.15, -0.1) is 0 Å². The van der Waals surface area contributed by atoms with Crippen molar-refractivity contribution in [1.29, 1.82) is 0 Å². The van der Waals surface area contributed by atoms with Crippen molar-refractivity contribution in [3.63, 3.8) is 0 Å². The molecule has 168 valence electrons. The van der Waals surface area contributed by atoms with Gasteiger partial charge in [0.15, 0.2) is 0 Å². The lowest BCUT2D eigenvalue weighted by atomic mass is 10.1. The zero-order valence-electron chi connectivity index (χ0n) is 18.0. The Hall–Kier alpha value is -2.61. The summed E-state index contributed by atoms with van der Waals surface area (Å²) in [5.74, 6) is -0.149. The zero-order valence-corrected chi connectivity index (χ0v) is 19.5. The average Bonchev–Trinajstić information content (AvgIpc) is 2.79. The first-order chi connectivity index (χ1) is 15.3. The first-order valence-corrected chi connectivity index (χ1v) is 11.3. The molecule has 0 saturated carbocycles. The van der Waals surface area contributed by atoms with Crippen molar-refractivity contribution < 1.29 is 4.79 Å². The van der Waals surface area contributed by atoms with Crippen LogP contribution in [0.4, 0.5) is 0 Å². The molecule has 0 spiro atoms. The number of carbonyl (C=O) groups is 1. The Morgan fingerprint density at radius 3 is 2.34 bits per heavy atom. The molecule has 1 aliphatic heterocycles. The minimum atomic E-state index is -0.592. The van der Waals surface area contributed by atoms with E-state index in [1.807, 2.05) is 13.0 Å². The minimum absolute atomic E-state index is 0.147. The smallest absolute Gasteiger partial charge is 0.336 e. The number of piperazine rings is 1. The fraction of sp³-hybridized carbons (Fsp3) is 0.348. The predicted octanol–water partition coefficient (Wildman–Crippen LogP) is 2.93. The Kier molecular flexibility index (Phi) is 6.42. The fourth-order valence-electron chi connectivity index (χ4n) is 4.04. The van der Waals surface area contributed by atoms with Gasteiger partial charge in [0, 0.05) is 26.2 Å². The van der Waals surface area contributed by atoms with Crippen LogP contribution in [0.2, 0.25) is 10.0 Å². The van der Waals surface area contributed by atoms with Gasteiger partial charge in [0.25, 0.3) is 5.56 Å². The number of fused-ring (bicyclic) bond motifs is 1. The van der Waals surface area contributed by atoms with Crippen molar-refractivity contribution in [3.8, 4) is 5.69 Å². The van der Waals surface area contributed by atoms with Crippen LogP contribution in [0.5, 0.6) is 0 Å². The van der Waals surface area contributed by atoms with Crippen LogP contribution in [0.15, 0.2) is 46.0 Å². The number of aryl methyl sites for hydroxylation is 1. The molecule has 0 unspecified atom stereocenters. The van der Waals surface area contributed by atoms with E-state index in [4.69, 9.17) is 23.2 Å². The Morgan fingerprint density at radius 1 is 0.969 bits per heavy atom. The van der Waals surface area contributed by atoms with Gasteiger partial charge < -0.3 is 9.80 Å².